The van der Waals surface area contributed by atoms with Crippen LogP contribution in [0.15, 0.2) is 24.3 Å². The van der Waals surface area contributed by atoms with E-state index in [1.807, 2.05) is 31.2 Å². The normalized spacial score (nSPS) is 14.0. The molecule has 5 heteroatoms. The molecular weight excluding hydrogens is 286 g/mol. The van der Waals surface area contributed by atoms with Crippen LogP contribution in [0.3, 0.4) is 0 Å². The van der Waals surface area contributed by atoms with Gasteiger partial charge in [0.1, 0.15) is 12.4 Å². The predicted octanol–water partition coefficient (Wildman–Crippen LogP) is 2.56. The monoisotopic (exact) mass is 313 g/mol. The molecular formula is C16H27NO3S. The van der Waals surface area contributed by atoms with Gasteiger partial charge in [0.25, 0.3) is 0 Å². The quantitative estimate of drug-likeness (QED) is 0.840. The highest BCUT2D eigenvalue weighted by molar-refractivity contribution is 7.92. The minimum absolute atomic E-state index is 0.0185. The van der Waals surface area contributed by atoms with Crippen molar-refractivity contribution in [2.75, 3.05) is 12.4 Å². The molecule has 0 aliphatic carbocycles. The topological polar surface area (TPSA) is 69.4 Å². The Bertz CT molecular complexity index is 547. The van der Waals surface area contributed by atoms with Gasteiger partial charge < -0.3 is 10.5 Å². The second-order valence-electron chi connectivity index (χ2n) is 6.26. The minimum Gasteiger partial charge on any atom is -0.492 e. The Hall–Kier alpha value is -1.07. The summed E-state index contributed by atoms with van der Waals surface area (Å²) in [4.78, 5) is 0. The maximum Gasteiger partial charge on any atom is 0.158 e. The molecule has 0 fully saturated rings. The van der Waals surface area contributed by atoms with Gasteiger partial charge in [-0.25, -0.2) is 8.42 Å². The molecule has 0 saturated heterocycles. The average Bonchev–Trinajstić information content (AvgIpc) is 2.39. The third-order valence-corrected chi connectivity index (χ3v) is 6.09. The molecule has 1 aromatic rings. The molecule has 1 rings (SSSR count). The molecule has 0 aromatic heterocycles. The Morgan fingerprint density at radius 3 is 2.43 bits per heavy atom. The van der Waals surface area contributed by atoms with Crippen molar-refractivity contribution in [1.29, 1.82) is 0 Å². The van der Waals surface area contributed by atoms with Crippen molar-refractivity contribution >= 4 is 9.84 Å². The van der Waals surface area contributed by atoms with E-state index in [2.05, 4.69) is 0 Å². The fourth-order valence-electron chi connectivity index (χ4n) is 1.81. The highest BCUT2D eigenvalue weighted by Crippen LogP contribution is 2.21. The second kappa shape index (κ2) is 7.27. The summed E-state index contributed by atoms with van der Waals surface area (Å²) in [7, 11) is -3.16. The zero-order valence-electron chi connectivity index (χ0n) is 13.4. The molecule has 21 heavy (non-hydrogen) atoms. The second-order valence-corrected chi connectivity index (χ2v) is 9.12. The van der Waals surface area contributed by atoms with E-state index in [1.165, 1.54) is 0 Å². The molecule has 0 spiro atoms. The number of hydrogen-bond donors (Lipinski definition) is 1. The summed E-state index contributed by atoms with van der Waals surface area (Å²) in [6.45, 7) is 7.33. The lowest BCUT2D eigenvalue weighted by Gasteiger charge is -2.20. The summed E-state index contributed by atoms with van der Waals surface area (Å²) >= 11 is 0. The van der Waals surface area contributed by atoms with Crippen LogP contribution in [0.25, 0.3) is 0 Å². The largest absolute Gasteiger partial charge is 0.492 e. The van der Waals surface area contributed by atoms with E-state index in [1.54, 1.807) is 20.8 Å². The van der Waals surface area contributed by atoms with E-state index >= 15 is 0 Å². The molecule has 1 unspecified atom stereocenters. The summed E-state index contributed by atoms with van der Waals surface area (Å²) in [5.74, 6) is 0.746. The van der Waals surface area contributed by atoms with E-state index in [-0.39, 0.29) is 18.4 Å². The number of hydrogen-bond acceptors (Lipinski definition) is 4. The first-order valence-electron chi connectivity index (χ1n) is 7.36. The van der Waals surface area contributed by atoms with Gasteiger partial charge in [0.2, 0.25) is 0 Å². The van der Waals surface area contributed by atoms with Crippen molar-refractivity contribution in [2.45, 2.75) is 51.3 Å². The van der Waals surface area contributed by atoms with E-state index in [4.69, 9.17) is 10.5 Å². The van der Waals surface area contributed by atoms with Crippen LogP contribution in [0.2, 0.25) is 0 Å². The van der Waals surface area contributed by atoms with Gasteiger partial charge in [0, 0.05) is 6.04 Å². The Morgan fingerprint density at radius 1 is 1.24 bits per heavy atom. The summed E-state index contributed by atoms with van der Waals surface area (Å²) in [6, 6.07) is 7.75. The van der Waals surface area contributed by atoms with Crippen molar-refractivity contribution < 1.29 is 13.2 Å². The molecule has 0 amide bonds. The van der Waals surface area contributed by atoms with E-state index in [0.29, 0.717) is 0 Å². The Labute approximate surface area is 128 Å². The van der Waals surface area contributed by atoms with E-state index in [9.17, 15) is 8.42 Å². The third kappa shape index (κ3) is 5.32. The molecule has 120 valence electrons. The maximum atomic E-state index is 12.1. The zero-order chi connectivity index (χ0) is 16.1. The molecule has 2 N–H and O–H groups in total. The summed E-state index contributed by atoms with van der Waals surface area (Å²) in [6.07, 6.45) is 1.63. The number of sulfone groups is 1. The number of ether oxygens (including phenoxy) is 1. The van der Waals surface area contributed by atoms with Crippen LogP contribution < -0.4 is 10.5 Å². The van der Waals surface area contributed by atoms with Gasteiger partial charge in [0.15, 0.2) is 9.84 Å². The Balaban J connectivity index is 2.68. The van der Waals surface area contributed by atoms with Crippen LogP contribution in [-0.2, 0) is 16.3 Å². The third-order valence-electron chi connectivity index (χ3n) is 3.52. The van der Waals surface area contributed by atoms with Crippen LogP contribution in [0.1, 0.15) is 39.7 Å². The van der Waals surface area contributed by atoms with E-state index < -0.39 is 14.6 Å². The fraction of sp³-hybridized carbons (Fsp3) is 0.625. The summed E-state index contributed by atoms with van der Waals surface area (Å²) in [5.41, 5.74) is 7.01. The van der Waals surface area contributed by atoms with Gasteiger partial charge in [-0.3, -0.25) is 0 Å². The predicted molar refractivity (Wildman–Crippen MR) is 87.4 cm³/mol. The lowest BCUT2D eigenvalue weighted by molar-refractivity contribution is 0.335. The van der Waals surface area contributed by atoms with Crippen molar-refractivity contribution in [2.24, 2.45) is 5.73 Å². The van der Waals surface area contributed by atoms with Crippen molar-refractivity contribution in [3.63, 3.8) is 0 Å². The Morgan fingerprint density at radius 2 is 1.86 bits per heavy atom. The molecule has 0 saturated carbocycles. The number of para-hydroxylation sites is 1. The summed E-state index contributed by atoms with van der Waals surface area (Å²) < 4.78 is 29.0. The first-order chi connectivity index (χ1) is 9.67. The molecule has 0 radical (unpaired) electrons. The highest BCUT2D eigenvalue weighted by Gasteiger charge is 2.28. The lowest BCUT2D eigenvalue weighted by Crippen LogP contribution is -2.32. The maximum absolute atomic E-state index is 12.1. The molecule has 0 heterocycles. The van der Waals surface area contributed by atoms with Crippen molar-refractivity contribution in [3.8, 4) is 5.75 Å². The van der Waals surface area contributed by atoms with Gasteiger partial charge in [-0.05, 0) is 45.2 Å². The highest BCUT2D eigenvalue weighted by atomic mass is 32.2. The molecule has 0 bridgehead atoms. The molecule has 0 aliphatic rings. The van der Waals surface area contributed by atoms with Crippen LogP contribution in [0, 0.1) is 0 Å². The van der Waals surface area contributed by atoms with Crippen molar-refractivity contribution in [3.05, 3.63) is 29.8 Å². The Kier molecular flexibility index (Phi) is 6.23. The molecule has 4 nitrogen and oxygen atoms in total. The molecule has 0 aliphatic heterocycles. The smallest absolute Gasteiger partial charge is 0.158 e. The van der Waals surface area contributed by atoms with Gasteiger partial charge in [-0.1, -0.05) is 25.1 Å². The fourth-order valence-corrected chi connectivity index (χ4v) is 2.72. The van der Waals surface area contributed by atoms with Gasteiger partial charge in [-0.15, -0.1) is 0 Å². The number of rotatable bonds is 7. The number of nitrogens with two attached hydrogens (primary N) is 1. The van der Waals surface area contributed by atoms with Crippen LogP contribution in [-0.4, -0.2) is 31.6 Å². The standard InChI is InChI=1S/C16H27NO3S/c1-5-14(17)12-13-8-6-7-9-15(13)20-10-11-21(18,19)16(2,3)4/h6-9,14H,5,10-12,17H2,1-4H3. The van der Waals surface area contributed by atoms with Crippen LogP contribution in [0.4, 0.5) is 0 Å². The minimum atomic E-state index is -3.16. The summed E-state index contributed by atoms with van der Waals surface area (Å²) in [5, 5.41) is 0. The SMILES string of the molecule is CCC(N)Cc1ccccc1OCCS(=O)(=O)C(C)(C)C. The van der Waals surface area contributed by atoms with Crippen molar-refractivity contribution in [1.82, 2.24) is 0 Å². The molecule has 1 aromatic carbocycles. The number of benzene rings is 1. The first kappa shape index (κ1) is 18.0. The first-order valence-corrected chi connectivity index (χ1v) is 9.01. The lowest BCUT2D eigenvalue weighted by atomic mass is 10.0. The van der Waals surface area contributed by atoms with Gasteiger partial charge >= 0.3 is 0 Å². The van der Waals surface area contributed by atoms with E-state index in [0.717, 1.165) is 24.2 Å². The molecule has 1 atom stereocenters. The van der Waals surface area contributed by atoms with Gasteiger partial charge in [-0.2, -0.15) is 0 Å². The zero-order valence-corrected chi connectivity index (χ0v) is 14.2. The average molecular weight is 313 g/mol. The van der Waals surface area contributed by atoms with Gasteiger partial charge in [0.05, 0.1) is 10.5 Å². The van der Waals surface area contributed by atoms with Crippen LogP contribution in [0.5, 0.6) is 5.75 Å². The van der Waals surface area contributed by atoms with Crippen LogP contribution >= 0.6 is 0 Å².